The van der Waals surface area contributed by atoms with Crippen molar-refractivity contribution in [3.05, 3.63) is 57.8 Å². The third-order valence-corrected chi connectivity index (χ3v) is 7.07. The smallest absolute Gasteiger partial charge is 0.261 e. The first-order valence-electron chi connectivity index (χ1n) is 8.28. The van der Waals surface area contributed by atoms with E-state index < -0.39 is 35.4 Å². The first kappa shape index (κ1) is 18.9. The minimum absolute atomic E-state index is 0.0337. The first-order valence-corrected chi connectivity index (χ1v) is 9.91. The molecule has 2 aromatic rings. The number of benzene rings is 1. The maximum Gasteiger partial charge on any atom is 0.261 e. The maximum absolute atomic E-state index is 14.7. The number of hydrogen-bond acceptors (Lipinski definition) is 5. The quantitative estimate of drug-likeness (QED) is 0.601. The standard InChI is InChI=1S/C19H13F3N4S2/c1-24-16-8-25-15(27-16)5-3-11-2-4-13(22)12(6-11)19(10-21)14-7-18(14,9-20)28-17(23)26-19/h2,4,6,8,14H,7,9-10H2,(H2,23,26)/t14-,18-,19-/m1/s1. The molecule has 0 spiro atoms. The second-order valence-electron chi connectivity index (χ2n) is 6.63. The molecule has 1 aromatic heterocycles. The molecule has 4 rings (SSSR count). The molecule has 0 saturated heterocycles. The van der Waals surface area contributed by atoms with Crippen LogP contribution < -0.4 is 5.73 Å². The largest absolute Gasteiger partial charge is 0.378 e. The van der Waals surface area contributed by atoms with Gasteiger partial charge in [0.2, 0.25) is 0 Å². The third kappa shape index (κ3) is 2.95. The van der Waals surface area contributed by atoms with Crippen LogP contribution in [0.1, 0.15) is 22.6 Å². The van der Waals surface area contributed by atoms with Crippen molar-refractivity contribution in [1.82, 2.24) is 4.98 Å². The highest BCUT2D eigenvalue weighted by Crippen LogP contribution is 2.66. The Morgan fingerprint density at radius 2 is 2.14 bits per heavy atom. The van der Waals surface area contributed by atoms with E-state index in [-0.39, 0.29) is 10.7 Å². The Morgan fingerprint density at radius 1 is 1.32 bits per heavy atom. The van der Waals surface area contributed by atoms with Crippen molar-refractivity contribution in [2.24, 2.45) is 16.6 Å². The molecule has 2 N–H and O–H groups in total. The molecule has 0 bridgehead atoms. The number of fused-ring (bicyclic) bond motifs is 1. The molecule has 1 fully saturated rings. The van der Waals surface area contributed by atoms with E-state index in [4.69, 9.17) is 12.3 Å². The van der Waals surface area contributed by atoms with Crippen molar-refractivity contribution >= 4 is 33.3 Å². The number of thioether (sulfide) groups is 1. The first-order chi connectivity index (χ1) is 13.5. The summed E-state index contributed by atoms with van der Waals surface area (Å²) < 4.78 is 41.7. The van der Waals surface area contributed by atoms with Crippen LogP contribution in [0, 0.1) is 30.1 Å². The number of aromatic nitrogens is 1. The number of hydrogen-bond donors (Lipinski definition) is 1. The summed E-state index contributed by atoms with van der Waals surface area (Å²) in [5.41, 5.74) is 4.78. The summed E-state index contributed by atoms with van der Waals surface area (Å²) in [5.74, 6) is 4.58. The Labute approximate surface area is 167 Å². The van der Waals surface area contributed by atoms with Gasteiger partial charge in [-0.1, -0.05) is 17.7 Å². The Balaban J connectivity index is 1.75. The van der Waals surface area contributed by atoms with Crippen LogP contribution in [0.2, 0.25) is 0 Å². The molecule has 3 atom stereocenters. The van der Waals surface area contributed by atoms with Crippen molar-refractivity contribution in [2.45, 2.75) is 16.7 Å². The molecule has 2 heterocycles. The maximum atomic E-state index is 14.7. The monoisotopic (exact) mass is 418 g/mol. The molecular weight excluding hydrogens is 405 g/mol. The van der Waals surface area contributed by atoms with Crippen LogP contribution in [-0.2, 0) is 5.54 Å². The van der Waals surface area contributed by atoms with Crippen molar-refractivity contribution in [1.29, 1.82) is 0 Å². The van der Waals surface area contributed by atoms with Crippen LogP contribution in [0.15, 0.2) is 29.4 Å². The molecule has 2 aliphatic rings. The molecule has 1 aliphatic heterocycles. The number of halogens is 3. The summed E-state index contributed by atoms with van der Waals surface area (Å²) in [6.07, 6.45) is 1.81. The lowest BCUT2D eigenvalue weighted by Crippen LogP contribution is -2.40. The van der Waals surface area contributed by atoms with Gasteiger partial charge >= 0.3 is 0 Å². The normalized spacial score (nSPS) is 27.8. The van der Waals surface area contributed by atoms with E-state index in [9.17, 15) is 13.2 Å². The number of aliphatic imine (C=N–C) groups is 1. The zero-order valence-corrected chi connectivity index (χ0v) is 16.0. The molecule has 9 heteroatoms. The summed E-state index contributed by atoms with van der Waals surface area (Å²) in [5, 5.41) is 0.933. The van der Waals surface area contributed by atoms with Crippen LogP contribution in [0.3, 0.4) is 0 Å². The third-order valence-electron chi connectivity index (χ3n) is 5.00. The predicted octanol–water partition coefficient (Wildman–Crippen LogP) is 4.19. The lowest BCUT2D eigenvalue weighted by molar-refractivity contribution is 0.257. The van der Waals surface area contributed by atoms with E-state index in [1.165, 1.54) is 24.4 Å². The Morgan fingerprint density at radius 3 is 2.82 bits per heavy atom. The summed E-state index contributed by atoms with van der Waals surface area (Å²) >= 11 is 2.25. The molecule has 1 aliphatic carbocycles. The highest BCUT2D eigenvalue weighted by Gasteiger charge is 2.68. The lowest BCUT2D eigenvalue weighted by atomic mass is 9.84. The van der Waals surface area contributed by atoms with Crippen LogP contribution in [0.5, 0.6) is 0 Å². The van der Waals surface area contributed by atoms with Crippen LogP contribution in [0.4, 0.5) is 18.2 Å². The van der Waals surface area contributed by atoms with E-state index in [1.54, 1.807) is 0 Å². The molecular formula is C19H13F3N4S2. The highest BCUT2D eigenvalue weighted by atomic mass is 32.2. The van der Waals surface area contributed by atoms with Gasteiger partial charge in [0, 0.05) is 23.2 Å². The molecule has 0 radical (unpaired) electrons. The second kappa shape index (κ2) is 6.84. The zero-order valence-electron chi connectivity index (χ0n) is 14.4. The molecule has 1 saturated carbocycles. The van der Waals surface area contributed by atoms with Gasteiger partial charge in [0.15, 0.2) is 10.2 Å². The summed E-state index contributed by atoms with van der Waals surface area (Å²) in [6.45, 7) is 5.30. The van der Waals surface area contributed by atoms with Gasteiger partial charge in [-0.05, 0) is 30.5 Å². The van der Waals surface area contributed by atoms with Gasteiger partial charge in [-0.25, -0.2) is 28.0 Å². The van der Waals surface area contributed by atoms with E-state index in [0.717, 1.165) is 23.1 Å². The minimum Gasteiger partial charge on any atom is -0.378 e. The van der Waals surface area contributed by atoms with Crippen LogP contribution >= 0.6 is 23.1 Å². The summed E-state index contributed by atoms with van der Waals surface area (Å²) in [7, 11) is 0. The summed E-state index contributed by atoms with van der Waals surface area (Å²) in [6, 6.07) is 4.12. The van der Waals surface area contributed by atoms with Crippen molar-refractivity contribution in [3.8, 4) is 11.8 Å². The Kier molecular flexibility index (Phi) is 4.60. The van der Waals surface area contributed by atoms with Crippen LogP contribution in [-0.4, -0.2) is 28.2 Å². The number of rotatable bonds is 3. The van der Waals surface area contributed by atoms with Gasteiger partial charge in [-0.2, -0.15) is 0 Å². The average Bonchev–Trinajstić information content (AvgIpc) is 3.26. The molecule has 0 amide bonds. The highest BCUT2D eigenvalue weighted by molar-refractivity contribution is 8.15. The fraction of sp³-hybridized carbons (Fsp3) is 0.316. The van der Waals surface area contributed by atoms with E-state index in [1.807, 2.05) is 0 Å². The molecule has 28 heavy (non-hydrogen) atoms. The van der Waals surface area contributed by atoms with E-state index >= 15 is 0 Å². The van der Waals surface area contributed by atoms with E-state index in [2.05, 4.69) is 26.7 Å². The minimum atomic E-state index is -1.54. The number of nitrogens with zero attached hydrogens (tertiary/aromatic N) is 3. The van der Waals surface area contributed by atoms with Crippen molar-refractivity contribution in [2.75, 3.05) is 13.3 Å². The van der Waals surface area contributed by atoms with Gasteiger partial charge in [0.1, 0.15) is 24.7 Å². The molecule has 0 unspecified atom stereocenters. The van der Waals surface area contributed by atoms with Crippen molar-refractivity contribution in [3.63, 3.8) is 0 Å². The molecule has 142 valence electrons. The number of thiazole rings is 1. The van der Waals surface area contributed by atoms with Crippen LogP contribution in [0.25, 0.3) is 4.85 Å². The fourth-order valence-electron chi connectivity index (χ4n) is 3.56. The van der Waals surface area contributed by atoms with Gasteiger partial charge < -0.3 is 5.73 Å². The van der Waals surface area contributed by atoms with Gasteiger partial charge in [0.05, 0.1) is 11.3 Å². The number of alkyl halides is 2. The predicted molar refractivity (Wildman–Crippen MR) is 104 cm³/mol. The average molecular weight is 418 g/mol. The fourth-order valence-corrected chi connectivity index (χ4v) is 5.39. The zero-order chi connectivity index (χ0) is 19.9. The topological polar surface area (TPSA) is 55.6 Å². The van der Waals surface area contributed by atoms with Crippen molar-refractivity contribution < 1.29 is 13.2 Å². The molecule has 4 nitrogen and oxygen atoms in total. The SMILES string of the molecule is [C-]#[N+]c1cnc(C#Cc2ccc(F)c([C@@]3(CF)N=C(N)S[C@@]4(CF)C[C@H]43)c2)s1. The Hall–Kier alpha value is -2.49. The lowest BCUT2D eigenvalue weighted by Gasteiger charge is -2.34. The Bertz CT molecular complexity index is 1080. The molecule has 1 aromatic carbocycles. The van der Waals surface area contributed by atoms with Gasteiger partial charge in [-0.15, -0.1) is 11.3 Å². The summed E-state index contributed by atoms with van der Waals surface area (Å²) in [4.78, 5) is 11.5. The van der Waals surface area contributed by atoms with E-state index in [0.29, 0.717) is 22.0 Å². The van der Waals surface area contributed by atoms with Gasteiger partial charge in [0.25, 0.3) is 5.00 Å². The number of amidine groups is 1. The van der Waals surface area contributed by atoms with Gasteiger partial charge in [-0.3, -0.25) is 0 Å². The second-order valence-corrected chi connectivity index (χ2v) is 9.07. The number of nitrogens with two attached hydrogens (primary N) is 1.